The third-order valence-electron chi connectivity index (χ3n) is 4.62. The van der Waals surface area contributed by atoms with Gasteiger partial charge in [0.1, 0.15) is 5.69 Å². The van der Waals surface area contributed by atoms with Crippen molar-refractivity contribution in [3.8, 4) is 16.9 Å². The van der Waals surface area contributed by atoms with Gasteiger partial charge in [-0.25, -0.2) is 4.68 Å². The molecule has 0 bridgehead atoms. The molecule has 0 aliphatic heterocycles. The summed E-state index contributed by atoms with van der Waals surface area (Å²) < 4.78 is 1.58. The van der Waals surface area contributed by atoms with Crippen LogP contribution in [0.15, 0.2) is 73.1 Å². The molecule has 4 aromatic rings. The van der Waals surface area contributed by atoms with Gasteiger partial charge in [-0.05, 0) is 42.3 Å². The summed E-state index contributed by atoms with van der Waals surface area (Å²) in [7, 11) is 0. The average Bonchev–Trinajstić information content (AvgIpc) is 3.19. The number of nitrogens with one attached hydrogen (secondary N) is 1. The first-order chi connectivity index (χ1) is 14.1. The van der Waals surface area contributed by atoms with Gasteiger partial charge in [0, 0.05) is 24.5 Å². The Bertz CT molecular complexity index is 1160. The third kappa shape index (κ3) is 3.88. The molecule has 0 unspecified atom stereocenters. The second kappa shape index (κ2) is 8.24. The lowest BCUT2D eigenvalue weighted by Gasteiger charge is -2.10. The molecular weight excluding hydrogens is 386 g/mol. The van der Waals surface area contributed by atoms with Crippen LogP contribution in [0.5, 0.6) is 0 Å². The first-order valence-electron chi connectivity index (χ1n) is 9.09. The topological polar surface area (TPSA) is 72.7 Å². The molecular formula is C22H18ClN5O. The summed E-state index contributed by atoms with van der Waals surface area (Å²) in [5.74, 6) is -0.307. The van der Waals surface area contributed by atoms with Gasteiger partial charge in [-0.1, -0.05) is 53.2 Å². The van der Waals surface area contributed by atoms with E-state index in [2.05, 4.69) is 20.6 Å². The second-order valence-corrected chi connectivity index (χ2v) is 6.90. The molecule has 2 aromatic carbocycles. The number of halogens is 1. The summed E-state index contributed by atoms with van der Waals surface area (Å²) >= 11 is 6.36. The van der Waals surface area contributed by atoms with E-state index in [-0.39, 0.29) is 11.6 Å². The van der Waals surface area contributed by atoms with Gasteiger partial charge in [-0.2, -0.15) is 0 Å². The monoisotopic (exact) mass is 403 g/mol. The standard InChI is InChI=1S/C22H18ClN5O/c1-15-6-2-3-7-17(15)14-25-22(29)20-21(16-10-12-24-13-11-16)28(27-26-20)19-9-5-4-8-18(19)23/h2-13H,14H2,1H3,(H,25,29). The number of nitrogens with zero attached hydrogens (tertiary/aromatic N) is 4. The minimum absolute atomic E-state index is 0.227. The van der Waals surface area contributed by atoms with Crippen LogP contribution in [0.25, 0.3) is 16.9 Å². The summed E-state index contributed by atoms with van der Waals surface area (Å²) in [5, 5.41) is 11.8. The van der Waals surface area contributed by atoms with Gasteiger partial charge in [0.05, 0.1) is 10.7 Å². The third-order valence-corrected chi connectivity index (χ3v) is 4.94. The summed E-state index contributed by atoms with van der Waals surface area (Å²) in [5.41, 5.74) is 4.36. The number of amides is 1. The summed E-state index contributed by atoms with van der Waals surface area (Å²) in [6.07, 6.45) is 3.32. The highest BCUT2D eigenvalue weighted by molar-refractivity contribution is 6.32. The normalized spacial score (nSPS) is 10.7. The smallest absolute Gasteiger partial charge is 0.274 e. The summed E-state index contributed by atoms with van der Waals surface area (Å²) in [6.45, 7) is 2.41. The fraction of sp³-hybridized carbons (Fsp3) is 0.0909. The number of aromatic nitrogens is 4. The molecule has 144 valence electrons. The molecule has 0 spiro atoms. The minimum Gasteiger partial charge on any atom is -0.346 e. The number of benzene rings is 2. The Morgan fingerprint density at radius 1 is 1.03 bits per heavy atom. The van der Waals surface area contributed by atoms with Crippen molar-refractivity contribution in [2.75, 3.05) is 0 Å². The van der Waals surface area contributed by atoms with Crippen LogP contribution in [-0.4, -0.2) is 25.9 Å². The molecule has 2 heterocycles. The zero-order valence-corrected chi connectivity index (χ0v) is 16.5. The molecule has 0 radical (unpaired) electrons. The minimum atomic E-state index is -0.307. The maximum atomic E-state index is 13.0. The maximum Gasteiger partial charge on any atom is 0.274 e. The van der Waals surface area contributed by atoms with E-state index >= 15 is 0 Å². The molecule has 0 fully saturated rings. The van der Waals surface area contributed by atoms with Crippen molar-refractivity contribution in [2.45, 2.75) is 13.5 Å². The van der Waals surface area contributed by atoms with Crippen LogP contribution in [-0.2, 0) is 6.54 Å². The van der Waals surface area contributed by atoms with Crippen LogP contribution in [0, 0.1) is 6.92 Å². The molecule has 6 nitrogen and oxygen atoms in total. The van der Waals surface area contributed by atoms with E-state index in [0.29, 0.717) is 22.9 Å². The summed E-state index contributed by atoms with van der Waals surface area (Å²) in [6, 6.07) is 18.8. The maximum absolute atomic E-state index is 13.0. The Balaban J connectivity index is 1.73. The quantitative estimate of drug-likeness (QED) is 0.541. The Kier molecular flexibility index (Phi) is 5.35. The zero-order valence-electron chi connectivity index (χ0n) is 15.7. The summed E-state index contributed by atoms with van der Waals surface area (Å²) in [4.78, 5) is 17.0. The van der Waals surface area contributed by atoms with Crippen molar-refractivity contribution in [3.63, 3.8) is 0 Å². The number of carbonyl (C=O) groups excluding carboxylic acids is 1. The Labute approximate surface area is 173 Å². The second-order valence-electron chi connectivity index (χ2n) is 6.49. The molecule has 4 rings (SSSR count). The highest BCUT2D eigenvalue weighted by atomic mass is 35.5. The van der Waals surface area contributed by atoms with Crippen LogP contribution in [0.3, 0.4) is 0 Å². The van der Waals surface area contributed by atoms with Gasteiger partial charge in [-0.15, -0.1) is 5.10 Å². The number of hydrogen-bond acceptors (Lipinski definition) is 4. The van der Waals surface area contributed by atoms with Crippen molar-refractivity contribution in [2.24, 2.45) is 0 Å². The van der Waals surface area contributed by atoms with E-state index in [1.54, 1.807) is 23.1 Å². The fourth-order valence-electron chi connectivity index (χ4n) is 3.06. The largest absolute Gasteiger partial charge is 0.346 e. The van der Waals surface area contributed by atoms with Crippen LogP contribution in [0.1, 0.15) is 21.6 Å². The van der Waals surface area contributed by atoms with Crippen molar-refractivity contribution >= 4 is 17.5 Å². The van der Waals surface area contributed by atoms with Gasteiger partial charge in [0.2, 0.25) is 0 Å². The predicted octanol–water partition coefficient (Wildman–Crippen LogP) is 4.22. The SMILES string of the molecule is Cc1ccccc1CNC(=O)c1nnn(-c2ccccc2Cl)c1-c1ccncc1. The van der Waals surface area contributed by atoms with Crippen LogP contribution in [0.4, 0.5) is 0 Å². The predicted molar refractivity (Wildman–Crippen MR) is 112 cm³/mol. The highest BCUT2D eigenvalue weighted by Crippen LogP contribution is 2.28. The molecule has 1 N–H and O–H groups in total. The molecule has 0 aliphatic rings. The van der Waals surface area contributed by atoms with Crippen molar-refractivity contribution < 1.29 is 4.79 Å². The zero-order chi connectivity index (χ0) is 20.2. The Morgan fingerprint density at radius 2 is 1.76 bits per heavy atom. The molecule has 29 heavy (non-hydrogen) atoms. The number of carbonyl (C=O) groups is 1. The van der Waals surface area contributed by atoms with E-state index in [1.807, 2.05) is 61.5 Å². The molecule has 2 aromatic heterocycles. The highest BCUT2D eigenvalue weighted by Gasteiger charge is 2.23. The lowest BCUT2D eigenvalue weighted by Crippen LogP contribution is -2.24. The van der Waals surface area contributed by atoms with E-state index in [1.165, 1.54) is 0 Å². The molecule has 7 heteroatoms. The lowest BCUT2D eigenvalue weighted by atomic mass is 10.1. The van der Waals surface area contributed by atoms with Gasteiger partial charge >= 0.3 is 0 Å². The molecule has 0 atom stereocenters. The van der Waals surface area contributed by atoms with Crippen molar-refractivity contribution in [3.05, 3.63) is 94.9 Å². The number of rotatable bonds is 5. The van der Waals surface area contributed by atoms with Crippen LogP contribution >= 0.6 is 11.6 Å². The van der Waals surface area contributed by atoms with Crippen LogP contribution < -0.4 is 5.32 Å². The average molecular weight is 404 g/mol. The van der Waals surface area contributed by atoms with Crippen LogP contribution in [0.2, 0.25) is 5.02 Å². The Morgan fingerprint density at radius 3 is 2.52 bits per heavy atom. The molecule has 0 aliphatic carbocycles. The van der Waals surface area contributed by atoms with Crippen molar-refractivity contribution in [1.29, 1.82) is 0 Å². The van der Waals surface area contributed by atoms with E-state index in [4.69, 9.17) is 11.6 Å². The molecule has 0 saturated carbocycles. The van der Waals surface area contributed by atoms with Gasteiger partial charge in [-0.3, -0.25) is 9.78 Å². The van der Waals surface area contributed by atoms with E-state index in [9.17, 15) is 4.79 Å². The first-order valence-corrected chi connectivity index (χ1v) is 9.46. The number of hydrogen-bond donors (Lipinski definition) is 1. The lowest BCUT2D eigenvalue weighted by molar-refractivity contribution is 0.0946. The van der Waals surface area contributed by atoms with Gasteiger partial charge in [0.15, 0.2) is 5.69 Å². The Hall–Kier alpha value is -3.51. The number of para-hydroxylation sites is 1. The molecule has 0 saturated heterocycles. The fourth-order valence-corrected chi connectivity index (χ4v) is 3.28. The number of aryl methyl sites for hydroxylation is 1. The molecule has 1 amide bonds. The van der Waals surface area contributed by atoms with E-state index in [0.717, 1.165) is 16.7 Å². The first kappa shape index (κ1) is 18.8. The van der Waals surface area contributed by atoms with Gasteiger partial charge in [0.25, 0.3) is 5.91 Å². The van der Waals surface area contributed by atoms with Gasteiger partial charge < -0.3 is 5.32 Å². The van der Waals surface area contributed by atoms with Crippen molar-refractivity contribution in [1.82, 2.24) is 25.3 Å². The number of pyridine rings is 1. The van der Waals surface area contributed by atoms with E-state index < -0.39 is 0 Å².